The number of benzene rings is 2. The van der Waals surface area contributed by atoms with Gasteiger partial charge in [0, 0.05) is 16.0 Å². The van der Waals surface area contributed by atoms with E-state index in [0.717, 1.165) is 12.1 Å². The van der Waals surface area contributed by atoms with Gasteiger partial charge in [0.25, 0.3) is 0 Å². The zero-order chi connectivity index (χ0) is 19.2. The Hall–Kier alpha value is -1.93. The molecule has 6 nitrogen and oxygen atoms in total. The molecule has 0 unspecified atom stereocenters. The monoisotopic (exact) mass is 396 g/mol. The van der Waals surface area contributed by atoms with Gasteiger partial charge in [-0.15, -0.1) is 11.6 Å². The molecule has 26 heavy (non-hydrogen) atoms. The molecule has 0 N–H and O–H groups in total. The van der Waals surface area contributed by atoms with Crippen molar-refractivity contribution in [1.82, 2.24) is 0 Å². The van der Waals surface area contributed by atoms with Crippen LogP contribution in [0, 0.1) is 23.3 Å². The topological polar surface area (TPSA) is 107 Å². The van der Waals surface area contributed by atoms with Crippen LogP contribution in [0.1, 0.15) is 11.1 Å². The summed E-state index contributed by atoms with van der Waals surface area (Å²) >= 11 is 5.26. The molecule has 0 radical (unpaired) electrons. The number of nitrogens with zero attached hydrogens (tertiary/aromatic N) is 6. The van der Waals surface area contributed by atoms with Gasteiger partial charge < -0.3 is 11.1 Å². The number of hydrogen-bond donors (Lipinski definition) is 0. The molecule has 2 rings (SSSR count). The molecule has 2 aromatic carbocycles. The molecule has 132 valence electrons. The summed E-state index contributed by atoms with van der Waals surface area (Å²) in [6.07, 6.45) is 0. The van der Waals surface area contributed by atoms with Crippen LogP contribution in [0.15, 0.2) is 41.5 Å². The number of alkyl halides is 1. The van der Waals surface area contributed by atoms with E-state index in [-0.39, 0.29) is 53.1 Å². The Kier molecular flexibility index (Phi) is 15.5. The van der Waals surface area contributed by atoms with Gasteiger partial charge in [0.15, 0.2) is 0 Å². The summed E-state index contributed by atoms with van der Waals surface area (Å²) in [5, 5.41) is 3.06. The number of hydrogen-bond acceptors (Lipinski definition) is 1. The third kappa shape index (κ3) is 9.53. The predicted molar refractivity (Wildman–Crippen MR) is 85.2 cm³/mol. The van der Waals surface area contributed by atoms with Gasteiger partial charge in [0.05, 0.1) is 12.4 Å². The summed E-state index contributed by atoms with van der Waals surface area (Å²) in [4.78, 5) is 3.90. The van der Waals surface area contributed by atoms with Crippen molar-refractivity contribution < 1.29 is 47.1 Å². The van der Waals surface area contributed by atoms with Gasteiger partial charge in [0.1, 0.15) is 23.3 Å². The van der Waals surface area contributed by atoms with Gasteiger partial charge in [-0.05, 0) is 29.8 Å². The largest absolute Gasteiger partial charge is 1.00 e. The predicted octanol–water partition coefficient (Wildman–Crippen LogP) is 3.35. The van der Waals surface area contributed by atoms with Gasteiger partial charge in [0.2, 0.25) is 0 Å². The molecule has 0 saturated carbocycles. The van der Waals surface area contributed by atoms with Crippen LogP contribution in [0.4, 0.5) is 17.6 Å². The minimum absolute atomic E-state index is 0. The second-order valence-electron chi connectivity index (χ2n) is 4.01. The quantitative estimate of drug-likeness (QED) is 0.189. The molecule has 0 amide bonds. The van der Waals surface area contributed by atoms with Gasteiger partial charge in [-0.25, -0.2) is 17.6 Å². The minimum Gasteiger partial charge on any atom is -0.373 e. The first-order chi connectivity index (χ1) is 11.9. The summed E-state index contributed by atoms with van der Waals surface area (Å²) in [6, 6.07) is 7.16. The molecular weight excluding hydrogens is 387 g/mol. The van der Waals surface area contributed by atoms with Gasteiger partial charge in [-0.1, -0.05) is 17.2 Å². The van der Waals surface area contributed by atoms with Crippen molar-refractivity contribution in [3.8, 4) is 0 Å². The van der Waals surface area contributed by atoms with E-state index in [1.807, 2.05) is 0 Å². The van der Waals surface area contributed by atoms with Crippen molar-refractivity contribution in [2.24, 2.45) is 5.11 Å². The Balaban J connectivity index is 0. The van der Waals surface area contributed by atoms with E-state index in [1.54, 1.807) is 0 Å². The van der Waals surface area contributed by atoms with Crippen LogP contribution < -0.4 is 29.6 Å². The first-order valence-electron chi connectivity index (χ1n) is 6.33. The zero-order valence-corrected chi connectivity index (χ0v) is 16.2. The Bertz CT molecular complexity index is 740. The van der Waals surface area contributed by atoms with E-state index in [9.17, 15) is 17.6 Å². The van der Waals surface area contributed by atoms with Gasteiger partial charge in [-0.2, -0.15) is 0 Å². The Morgan fingerprint density at radius 3 is 1.42 bits per heavy atom. The first-order valence-corrected chi connectivity index (χ1v) is 6.87. The maximum absolute atomic E-state index is 12.8. The molecule has 0 atom stereocenters. The van der Waals surface area contributed by atoms with E-state index in [1.165, 1.54) is 29.2 Å². The van der Waals surface area contributed by atoms with Gasteiger partial charge >= 0.3 is 29.6 Å². The van der Waals surface area contributed by atoms with Crippen LogP contribution in [0.3, 0.4) is 0 Å². The molecule has 0 saturated heterocycles. The molecule has 0 aliphatic heterocycles. The SMILES string of the molecule is Fc1cccc(F)c1CCl.[N-]=[N+]=NCc1c(F)cccc1F.[N-]=[N+]=[N-].[Na+]. The molecule has 0 bridgehead atoms. The molecular formula is C14H10ClF4N6Na. The maximum Gasteiger partial charge on any atom is 1.00 e. The molecule has 0 aromatic heterocycles. The molecule has 0 spiro atoms. The summed E-state index contributed by atoms with van der Waals surface area (Å²) < 4.78 is 50.6. The number of rotatable bonds is 3. The number of azide groups is 1. The van der Waals surface area contributed by atoms with Crippen LogP contribution in [0.25, 0.3) is 26.4 Å². The van der Waals surface area contributed by atoms with E-state index in [4.69, 9.17) is 28.2 Å². The molecule has 0 aliphatic rings. The molecule has 0 heterocycles. The Morgan fingerprint density at radius 2 is 1.15 bits per heavy atom. The van der Waals surface area contributed by atoms with E-state index in [0.29, 0.717) is 0 Å². The average molecular weight is 397 g/mol. The standard InChI is InChI=1S/C7H5ClF2.C7H5F2N3.N3.Na/c8-4-5-6(9)2-1-3-7(5)10;8-6-2-1-3-7(9)5(6)4-11-12-10;1-3-2;/h1-3H,4H2;1-3H,4H2;;/q;;-1;+1. The van der Waals surface area contributed by atoms with Crippen LogP contribution in [0.2, 0.25) is 0 Å². The second-order valence-corrected chi connectivity index (χ2v) is 4.28. The van der Waals surface area contributed by atoms with E-state index >= 15 is 0 Å². The van der Waals surface area contributed by atoms with E-state index in [2.05, 4.69) is 10.0 Å². The van der Waals surface area contributed by atoms with Crippen molar-refractivity contribution in [3.63, 3.8) is 0 Å². The molecule has 0 aliphatic carbocycles. The van der Waals surface area contributed by atoms with Crippen LogP contribution in [0.5, 0.6) is 0 Å². The number of halogens is 5. The van der Waals surface area contributed by atoms with Gasteiger partial charge in [-0.3, -0.25) is 4.91 Å². The third-order valence-electron chi connectivity index (χ3n) is 2.55. The maximum atomic E-state index is 12.8. The van der Waals surface area contributed by atoms with Crippen molar-refractivity contribution in [2.75, 3.05) is 0 Å². The molecule has 2 aromatic rings. The summed E-state index contributed by atoms with van der Waals surface area (Å²) in [5.74, 6) is -2.69. The fourth-order valence-corrected chi connectivity index (χ4v) is 1.70. The Morgan fingerprint density at radius 1 is 0.808 bits per heavy atom. The van der Waals surface area contributed by atoms with Crippen LogP contribution >= 0.6 is 11.6 Å². The Labute approximate surface area is 173 Å². The smallest absolute Gasteiger partial charge is 0.373 e. The van der Waals surface area contributed by atoms with Crippen molar-refractivity contribution in [1.29, 1.82) is 0 Å². The molecule has 12 heteroatoms. The van der Waals surface area contributed by atoms with Crippen molar-refractivity contribution in [2.45, 2.75) is 12.4 Å². The van der Waals surface area contributed by atoms with Crippen molar-refractivity contribution >= 4 is 11.6 Å². The normalized spacial score (nSPS) is 8.35. The first kappa shape index (κ1) is 26.3. The fourth-order valence-electron chi connectivity index (χ4n) is 1.45. The summed E-state index contributed by atoms with van der Waals surface area (Å²) in [6.45, 7) is -0.297. The van der Waals surface area contributed by atoms with Crippen LogP contribution in [-0.4, -0.2) is 0 Å². The summed E-state index contributed by atoms with van der Waals surface area (Å²) in [5.41, 5.74) is 21.2. The summed E-state index contributed by atoms with van der Waals surface area (Å²) in [7, 11) is 0. The van der Waals surface area contributed by atoms with Crippen LogP contribution in [-0.2, 0) is 12.4 Å². The third-order valence-corrected chi connectivity index (χ3v) is 2.82. The molecule has 0 fully saturated rings. The second kappa shape index (κ2) is 15.3. The van der Waals surface area contributed by atoms with E-state index < -0.39 is 23.3 Å². The zero-order valence-electron chi connectivity index (χ0n) is 13.5. The fraction of sp³-hybridized carbons (Fsp3) is 0.143. The van der Waals surface area contributed by atoms with Crippen molar-refractivity contribution in [3.05, 3.63) is 97.2 Å². The minimum atomic E-state index is -0.692. The average Bonchev–Trinajstić information content (AvgIpc) is 2.56.